The molecule has 1 aliphatic heterocycles. The van der Waals surface area contributed by atoms with Crippen LogP contribution in [0.15, 0.2) is 17.3 Å². The average Bonchev–Trinajstić information content (AvgIpc) is 3.04. The third-order valence-corrected chi connectivity index (χ3v) is 4.84. The fourth-order valence-electron chi connectivity index (χ4n) is 3.36. The Hall–Kier alpha value is -2.63. The zero-order valence-corrected chi connectivity index (χ0v) is 14.8. The molecule has 0 unspecified atom stereocenters. The molecule has 3 heterocycles. The molecule has 0 aromatic carbocycles. The van der Waals surface area contributed by atoms with Crippen LogP contribution in [0.3, 0.4) is 0 Å². The number of hydrogen-bond donors (Lipinski definition) is 2. The first kappa shape index (κ1) is 18.7. The van der Waals surface area contributed by atoms with Gasteiger partial charge >= 0.3 is 11.9 Å². The van der Waals surface area contributed by atoms with Gasteiger partial charge in [0.05, 0.1) is 19.3 Å². The molecule has 0 amide bonds. The van der Waals surface area contributed by atoms with Crippen LogP contribution in [0.1, 0.15) is 37.3 Å². The van der Waals surface area contributed by atoms with Crippen LogP contribution in [0.4, 0.5) is 19.1 Å². The highest BCUT2D eigenvalue weighted by molar-refractivity contribution is 5.36. The fraction of sp³-hybridized carbons (Fsp3) is 0.625. The summed E-state index contributed by atoms with van der Waals surface area (Å²) < 4.78 is 51.6. The molecule has 4 rings (SSSR count). The fourth-order valence-corrected chi connectivity index (χ4v) is 3.36. The van der Waals surface area contributed by atoms with E-state index in [0.29, 0.717) is 6.42 Å². The number of ether oxygens (including phenoxy) is 2. The Labute approximate surface area is 157 Å². The van der Waals surface area contributed by atoms with Crippen molar-refractivity contribution in [1.29, 1.82) is 0 Å². The Kier molecular flexibility index (Phi) is 4.96. The molecule has 2 fully saturated rings. The van der Waals surface area contributed by atoms with Gasteiger partial charge in [-0.05, 0) is 25.7 Å². The van der Waals surface area contributed by atoms with E-state index in [9.17, 15) is 18.0 Å². The quantitative estimate of drug-likeness (QED) is 0.787. The summed E-state index contributed by atoms with van der Waals surface area (Å²) in [4.78, 5) is 22.7. The number of nitrogens with zero attached hydrogens (tertiary/aromatic N) is 4. The first-order valence-electron chi connectivity index (χ1n) is 8.97. The summed E-state index contributed by atoms with van der Waals surface area (Å²) >= 11 is 0. The molecule has 12 heteroatoms. The van der Waals surface area contributed by atoms with Crippen LogP contribution in [-0.4, -0.2) is 50.1 Å². The minimum atomic E-state index is -4.61. The van der Waals surface area contributed by atoms with Crippen LogP contribution in [0, 0.1) is 0 Å². The Morgan fingerprint density at radius 1 is 1.29 bits per heavy atom. The lowest BCUT2D eigenvalue weighted by Gasteiger charge is -2.30. The largest absolute Gasteiger partial charge is 0.469 e. The number of rotatable bonds is 5. The van der Waals surface area contributed by atoms with E-state index in [4.69, 9.17) is 9.47 Å². The number of anilines is 1. The van der Waals surface area contributed by atoms with Gasteiger partial charge in [-0.2, -0.15) is 23.1 Å². The second kappa shape index (κ2) is 7.41. The predicted molar refractivity (Wildman–Crippen MR) is 90.0 cm³/mol. The van der Waals surface area contributed by atoms with Crippen LogP contribution in [0.2, 0.25) is 0 Å². The maximum Gasteiger partial charge on any atom is 0.423 e. The van der Waals surface area contributed by atoms with E-state index in [0.717, 1.165) is 25.5 Å². The number of aromatic nitrogens is 5. The molecule has 0 radical (unpaired) electrons. The van der Waals surface area contributed by atoms with Gasteiger partial charge in [-0.25, -0.2) is 14.9 Å². The number of hydrogen-bond acceptors (Lipinski definition) is 7. The van der Waals surface area contributed by atoms with Crippen molar-refractivity contribution in [3.8, 4) is 5.88 Å². The van der Waals surface area contributed by atoms with Gasteiger partial charge in [-0.3, -0.25) is 4.68 Å². The smallest absolute Gasteiger partial charge is 0.423 e. The maximum absolute atomic E-state index is 13.2. The standard InChI is InChI=1S/C16H19F3N6O3/c17-16(18,19)12-5-20-14(23-13(12)28-11-6-27-7-11)22-9-2-1-3-10(4-9)25-8-21-15(26)24-25/h5,8-11H,1-4,6-7H2,(H,24,26)(H,20,22,23)/t9-,10+/m1/s1. The van der Waals surface area contributed by atoms with E-state index >= 15 is 0 Å². The molecule has 2 atom stereocenters. The first-order valence-corrected chi connectivity index (χ1v) is 8.97. The monoisotopic (exact) mass is 400 g/mol. The average molecular weight is 400 g/mol. The molecule has 0 bridgehead atoms. The highest BCUT2D eigenvalue weighted by Gasteiger charge is 2.38. The van der Waals surface area contributed by atoms with Gasteiger partial charge in [0, 0.05) is 12.2 Å². The van der Waals surface area contributed by atoms with Crippen molar-refractivity contribution in [2.75, 3.05) is 18.5 Å². The third-order valence-electron chi connectivity index (χ3n) is 4.84. The lowest BCUT2D eigenvalue weighted by Crippen LogP contribution is -2.39. The molecule has 1 aliphatic carbocycles. The summed E-state index contributed by atoms with van der Waals surface area (Å²) in [5, 5.41) is 5.72. The van der Waals surface area contributed by atoms with Crippen molar-refractivity contribution in [2.24, 2.45) is 0 Å². The first-order chi connectivity index (χ1) is 13.4. The Balaban J connectivity index is 1.49. The molecule has 0 spiro atoms. The number of aromatic amines is 1. The third kappa shape index (κ3) is 4.11. The Bertz CT molecular complexity index is 879. The minimum Gasteiger partial charge on any atom is -0.469 e. The minimum absolute atomic E-state index is 0.0405. The lowest BCUT2D eigenvalue weighted by atomic mass is 9.91. The predicted octanol–water partition coefficient (Wildman–Crippen LogP) is 1.75. The van der Waals surface area contributed by atoms with E-state index < -0.39 is 29.4 Å². The van der Waals surface area contributed by atoms with Crippen LogP contribution >= 0.6 is 0 Å². The molecule has 2 aromatic heterocycles. The van der Waals surface area contributed by atoms with E-state index in [1.807, 2.05) is 0 Å². The van der Waals surface area contributed by atoms with E-state index in [1.165, 1.54) is 6.33 Å². The summed E-state index contributed by atoms with van der Waals surface area (Å²) in [6, 6.07) is -0.0139. The summed E-state index contributed by atoms with van der Waals surface area (Å²) in [7, 11) is 0. The topological polar surface area (TPSA) is 107 Å². The van der Waals surface area contributed by atoms with Crippen molar-refractivity contribution < 1.29 is 22.6 Å². The molecule has 1 saturated heterocycles. The highest BCUT2D eigenvalue weighted by Crippen LogP contribution is 2.36. The van der Waals surface area contributed by atoms with E-state index in [-0.39, 0.29) is 31.2 Å². The summed E-state index contributed by atoms with van der Waals surface area (Å²) in [5.41, 5.74) is -1.43. The van der Waals surface area contributed by atoms with Crippen molar-refractivity contribution in [2.45, 2.75) is 50.0 Å². The van der Waals surface area contributed by atoms with Crippen LogP contribution < -0.4 is 15.7 Å². The molecule has 2 aromatic rings. The normalized spacial score (nSPS) is 23.2. The lowest BCUT2D eigenvalue weighted by molar-refractivity contribution is -0.142. The van der Waals surface area contributed by atoms with Crippen LogP contribution in [-0.2, 0) is 10.9 Å². The Morgan fingerprint density at radius 3 is 2.75 bits per heavy atom. The van der Waals surface area contributed by atoms with E-state index in [1.54, 1.807) is 4.68 Å². The molecule has 9 nitrogen and oxygen atoms in total. The van der Waals surface area contributed by atoms with Gasteiger partial charge in [0.25, 0.3) is 0 Å². The summed E-state index contributed by atoms with van der Waals surface area (Å²) in [6.07, 6.45) is 0.354. The second-order valence-corrected chi connectivity index (χ2v) is 6.92. The van der Waals surface area contributed by atoms with Gasteiger partial charge in [0.2, 0.25) is 11.8 Å². The van der Waals surface area contributed by atoms with Crippen molar-refractivity contribution in [3.63, 3.8) is 0 Å². The van der Waals surface area contributed by atoms with Gasteiger partial charge in [-0.1, -0.05) is 0 Å². The molecular formula is C16H19F3N6O3. The molecule has 28 heavy (non-hydrogen) atoms. The molecule has 152 valence electrons. The van der Waals surface area contributed by atoms with Gasteiger partial charge in [0.15, 0.2) is 0 Å². The van der Waals surface area contributed by atoms with Gasteiger partial charge in [-0.15, -0.1) is 0 Å². The zero-order valence-electron chi connectivity index (χ0n) is 14.8. The molecular weight excluding hydrogens is 381 g/mol. The maximum atomic E-state index is 13.2. The zero-order chi connectivity index (χ0) is 19.7. The van der Waals surface area contributed by atoms with Crippen molar-refractivity contribution in [1.82, 2.24) is 24.7 Å². The summed E-state index contributed by atoms with van der Waals surface area (Å²) in [5.74, 6) is -0.419. The highest BCUT2D eigenvalue weighted by atomic mass is 19.4. The SMILES string of the molecule is O=c1ncn([C@H]2CCC[C@@H](Nc3ncc(C(F)(F)F)c(OC4COC4)n3)C2)[nH]1. The molecule has 2 aliphatic rings. The summed E-state index contributed by atoms with van der Waals surface area (Å²) in [6.45, 7) is 0.467. The number of H-pyrrole nitrogens is 1. The van der Waals surface area contributed by atoms with Crippen molar-refractivity contribution in [3.05, 3.63) is 28.6 Å². The number of alkyl halides is 3. The molecule has 2 N–H and O–H groups in total. The van der Waals surface area contributed by atoms with Gasteiger partial charge in [0.1, 0.15) is 18.0 Å². The molecule has 1 saturated carbocycles. The Morgan fingerprint density at radius 2 is 2.11 bits per heavy atom. The number of nitrogens with one attached hydrogen (secondary N) is 2. The van der Waals surface area contributed by atoms with Gasteiger partial charge < -0.3 is 14.8 Å². The van der Waals surface area contributed by atoms with Crippen molar-refractivity contribution >= 4 is 5.95 Å². The van der Waals surface area contributed by atoms with E-state index in [2.05, 4.69) is 25.4 Å². The van der Waals surface area contributed by atoms with Crippen LogP contribution in [0.25, 0.3) is 0 Å². The number of halogens is 3. The van der Waals surface area contributed by atoms with Crippen LogP contribution in [0.5, 0.6) is 5.88 Å². The second-order valence-electron chi connectivity index (χ2n) is 6.92.